The van der Waals surface area contributed by atoms with Crippen molar-refractivity contribution in [2.45, 2.75) is 13.8 Å². The van der Waals surface area contributed by atoms with E-state index in [2.05, 4.69) is 87.7 Å². The molecule has 0 N–H and O–H groups in total. The maximum atomic E-state index is 4.05. The fourth-order valence-electron chi connectivity index (χ4n) is 3.20. The predicted octanol–water partition coefficient (Wildman–Crippen LogP) is 6.92. The van der Waals surface area contributed by atoms with E-state index in [1.807, 2.05) is 12.2 Å². The molecule has 0 fully saturated rings. The van der Waals surface area contributed by atoms with E-state index in [9.17, 15) is 0 Å². The number of hydrogen-bond donors (Lipinski definition) is 0. The zero-order chi connectivity index (χ0) is 17.1. The molecule has 0 nitrogen and oxygen atoms in total. The Hall–Kier alpha value is -2.86. The van der Waals surface area contributed by atoms with Crippen molar-refractivity contribution in [2.24, 2.45) is 0 Å². The molecular formula is C24H22. The zero-order valence-electron chi connectivity index (χ0n) is 14.3. The molecule has 3 aromatic carbocycles. The molecule has 3 aromatic rings. The van der Waals surface area contributed by atoms with E-state index in [0.717, 1.165) is 11.1 Å². The van der Waals surface area contributed by atoms with Crippen LogP contribution in [-0.4, -0.2) is 0 Å². The number of hydrogen-bond acceptors (Lipinski definition) is 0. The van der Waals surface area contributed by atoms with Gasteiger partial charge in [-0.3, -0.25) is 0 Å². The molecule has 0 saturated heterocycles. The van der Waals surface area contributed by atoms with Gasteiger partial charge in [-0.1, -0.05) is 97.1 Å². The lowest BCUT2D eigenvalue weighted by Gasteiger charge is -2.15. The highest BCUT2D eigenvalue weighted by Crippen LogP contribution is 2.35. The number of benzene rings is 3. The first kappa shape index (κ1) is 16.0. The second kappa shape index (κ2) is 6.72. The summed E-state index contributed by atoms with van der Waals surface area (Å²) in [5.41, 5.74) is 9.59. The van der Waals surface area contributed by atoms with Crippen molar-refractivity contribution in [3.8, 4) is 22.3 Å². The van der Waals surface area contributed by atoms with Gasteiger partial charge in [-0.2, -0.15) is 0 Å². The van der Waals surface area contributed by atoms with Gasteiger partial charge in [0, 0.05) is 0 Å². The molecule has 118 valence electrons. The van der Waals surface area contributed by atoms with E-state index >= 15 is 0 Å². The van der Waals surface area contributed by atoms with Crippen LogP contribution in [0.1, 0.15) is 22.3 Å². The highest BCUT2D eigenvalue weighted by molar-refractivity contribution is 5.88. The van der Waals surface area contributed by atoms with Crippen LogP contribution in [0.4, 0.5) is 0 Å². The van der Waals surface area contributed by atoms with Crippen LogP contribution in [0.2, 0.25) is 0 Å². The van der Waals surface area contributed by atoms with Gasteiger partial charge in [-0.05, 0) is 47.2 Å². The molecule has 0 heteroatoms. The molecule has 3 rings (SSSR count). The largest absolute Gasteiger partial charge is 0.0984 e. The van der Waals surface area contributed by atoms with E-state index in [1.54, 1.807) is 0 Å². The first-order chi connectivity index (χ1) is 11.6. The molecule has 0 radical (unpaired) electrons. The number of rotatable bonds is 4. The molecule has 0 atom stereocenters. The third-order valence-electron chi connectivity index (χ3n) is 4.35. The Balaban J connectivity index is 2.25. The third kappa shape index (κ3) is 2.96. The van der Waals surface area contributed by atoms with Crippen molar-refractivity contribution >= 4 is 12.2 Å². The van der Waals surface area contributed by atoms with Crippen LogP contribution >= 0.6 is 0 Å². The summed E-state index contributed by atoms with van der Waals surface area (Å²) in [7, 11) is 0. The summed E-state index contributed by atoms with van der Waals surface area (Å²) in [4.78, 5) is 0. The van der Waals surface area contributed by atoms with Gasteiger partial charge in [0.25, 0.3) is 0 Å². The standard InChI is InChI=1S/C24H22/c1-5-21-22(6-2)24(20-12-8-10-18(4)16-20)14-13-23(21)19-11-7-9-17(3)15-19/h5-16H,1-2H2,3-4H3. The molecular weight excluding hydrogens is 288 g/mol. The second-order valence-corrected chi connectivity index (χ2v) is 6.14. The Labute approximate surface area is 144 Å². The minimum Gasteiger partial charge on any atom is -0.0984 e. The Morgan fingerprint density at radius 2 is 1.04 bits per heavy atom. The Bertz CT molecular complexity index is 837. The molecule has 0 aliphatic heterocycles. The lowest BCUT2D eigenvalue weighted by molar-refractivity contribution is 1.45. The molecule has 0 spiro atoms. The lowest BCUT2D eigenvalue weighted by Crippen LogP contribution is -1.93. The van der Waals surface area contributed by atoms with Crippen LogP contribution in [0.5, 0.6) is 0 Å². The minimum atomic E-state index is 1.13. The maximum Gasteiger partial charge on any atom is -0.0105 e. The van der Waals surface area contributed by atoms with Gasteiger partial charge in [0.15, 0.2) is 0 Å². The second-order valence-electron chi connectivity index (χ2n) is 6.14. The van der Waals surface area contributed by atoms with Crippen LogP contribution < -0.4 is 0 Å². The molecule has 0 amide bonds. The highest BCUT2D eigenvalue weighted by atomic mass is 14.2. The molecule has 0 aliphatic carbocycles. The van der Waals surface area contributed by atoms with E-state index in [4.69, 9.17) is 0 Å². The fraction of sp³-hybridized carbons (Fsp3) is 0.0833. The van der Waals surface area contributed by atoms with E-state index in [0.29, 0.717) is 0 Å². The van der Waals surface area contributed by atoms with Crippen molar-refractivity contribution in [3.63, 3.8) is 0 Å². The van der Waals surface area contributed by atoms with E-state index in [1.165, 1.54) is 33.4 Å². The third-order valence-corrected chi connectivity index (χ3v) is 4.35. The van der Waals surface area contributed by atoms with E-state index < -0.39 is 0 Å². The SMILES string of the molecule is C=Cc1c(-c2cccc(C)c2)ccc(-c2cccc(C)c2)c1C=C. The predicted molar refractivity (Wildman–Crippen MR) is 107 cm³/mol. The topological polar surface area (TPSA) is 0 Å². The zero-order valence-corrected chi connectivity index (χ0v) is 14.3. The fourth-order valence-corrected chi connectivity index (χ4v) is 3.20. The highest BCUT2D eigenvalue weighted by Gasteiger charge is 2.12. The summed E-state index contributed by atoms with van der Waals surface area (Å²) >= 11 is 0. The molecule has 0 saturated carbocycles. The van der Waals surface area contributed by atoms with Crippen LogP contribution in [0.3, 0.4) is 0 Å². The molecule has 0 heterocycles. The average Bonchev–Trinajstić information content (AvgIpc) is 2.60. The monoisotopic (exact) mass is 310 g/mol. The van der Waals surface area contributed by atoms with Crippen molar-refractivity contribution < 1.29 is 0 Å². The smallest absolute Gasteiger partial charge is 0.0105 e. The van der Waals surface area contributed by atoms with E-state index in [-0.39, 0.29) is 0 Å². The van der Waals surface area contributed by atoms with Crippen LogP contribution in [0.25, 0.3) is 34.4 Å². The lowest BCUT2D eigenvalue weighted by atomic mass is 9.88. The minimum absolute atomic E-state index is 1.13. The Morgan fingerprint density at radius 3 is 1.38 bits per heavy atom. The average molecular weight is 310 g/mol. The molecule has 0 bridgehead atoms. The van der Waals surface area contributed by atoms with Crippen molar-refractivity contribution in [2.75, 3.05) is 0 Å². The van der Waals surface area contributed by atoms with Crippen LogP contribution in [0, 0.1) is 13.8 Å². The normalized spacial score (nSPS) is 10.4. The van der Waals surface area contributed by atoms with Crippen molar-refractivity contribution in [1.29, 1.82) is 0 Å². The van der Waals surface area contributed by atoms with Crippen LogP contribution in [0.15, 0.2) is 73.8 Å². The van der Waals surface area contributed by atoms with Crippen LogP contribution in [-0.2, 0) is 0 Å². The Morgan fingerprint density at radius 1 is 0.625 bits per heavy atom. The molecule has 0 aliphatic rings. The van der Waals surface area contributed by atoms with Gasteiger partial charge in [-0.15, -0.1) is 0 Å². The van der Waals surface area contributed by atoms with Gasteiger partial charge in [0.1, 0.15) is 0 Å². The number of aryl methyl sites for hydroxylation is 2. The summed E-state index contributed by atoms with van der Waals surface area (Å²) in [6, 6.07) is 21.5. The summed E-state index contributed by atoms with van der Waals surface area (Å²) in [6.45, 7) is 12.3. The maximum absolute atomic E-state index is 4.05. The molecule has 0 unspecified atom stereocenters. The summed E-state index contributed by atoms with van der Waals surface area (Å²) in [5.74, 6) is 0. The quantitative estimate of drug-likeness (QED) is 0.490. The van der Waals surface area contributed by atoms with Gasteiger partial charge < -0.3 is 0 Å². The van der Waals surface area contributed by atoms with Gasteiger partial charge >= 0.3 is 0 Å². The summed E-state index contributed by atoms with van der Waals surface area (Å²) < 4.78 is 0. The van der Waals surface area contributed by atoms with Gasteiger partial charge in [0.2, 0.25) is 0 Å². The summed E-state index contributed by atoms with van der Waals surface area (Å²) in [6.07, 6.45) is 3.88. The first-order valence-corrected chi connectivity index (χ1v) is 8.20. The van der Waals surface area contributed by atoms with Crippen molar-refractivity contribution in [1.82, 2.24) is 0 Å². The molecule has 0 aromatic heterocycles. The van der Waals surface area contributed by atoms with Gasteiger partial charge in [-0.25, -0.2) is 0 Å². The van der Waals surface area contributed by atoms with Crippen molar-refractivity contribution in [3.05, 3.63) is 96.1 Å². The Kier molecular flexibility index (Phi) is 4.48. The molecule has 24 heavy (non-hydrogen) atoms. The first-order valence-electron chi connectivity index (χ1n) is 8.20. The van der Waals surface area contributed by atoms with Gasteiger partial charge in [0.05, 0.1) is 0 Å². The summed E-state index contributed by atoms with van der Waals surface area (Å²) in [5, 5.41) is 0.